The lowest BCUT2D eigenvalue weighted by molar-refractivity contribution is 0.956. The van der Waals surface area contributed by atoms with Crippen LogP contribution < -0.4 is 5.32 Å². The van der Waals surface area contributed by atoms with Crippen LogP contribution in [-0.4, -0.2) is 4.57 Å². The van der Waals surface area contributed by atoms with Crippen LogP contribution in [0.15, 0.2) is 42.6 Å². The van der Waals surface area contributed by atoms with Gasteiger partial charge in [-0.3, -0.25) is 0 Å². The van der Waals surface area contributed by atoms with Gasteiger partial charge >= 0.3 is 0 Å². The zero-order valence-electron chi connectivity index (χ0n) is 11.3. The number of aromatic nitrogens is 1. The van der Waals surface area contributed by atoms with Gasteiger partial charge in [-0.15, -0.1) is 0 Å². The first-order valence-electron chi connectivity index (χ1n) is 6.47. The van der Waals surface area contributed by atoms with E-state index >= 15 is 0 Å². The Morgan fingerprint density at radius 3 is 2.43 bits per heavy atom. The molecule has 0 aliphatic heterocycles. The largest absolute Gasteiger partial charge is 0.378 e. The maximum Gasteiger partial charge on any atom is 0.0722 e. The molecule has 0 amide bonds. The molecule has 5 heteroatoms. The van der Waals surface area contributed by atoms with E-state index in [9.17, 15) is 0 Å². The molecule has 1 aromatic heterocycles. The van der Waals surface area contributed by atoms with Gasteiger partial charge in [-0.1, -0.05) is 53.0 Å². The molecule has 0 saturated heterocycles. The predicted octanol–water partition coefficient (Wildman–Crippen LogP) is 5.75. The number of para-hydroxylation sites is 1. The molecule has 1 heterocycles. The normalized spacial score (nSPS) is 11.0. The lowest BCUT2D eigenvalue weighted by Crippen LogP contribution is -2.00. The first kappa shape index (κ1) is 14.6. The number of halogens is 3. The van der Waals surface area contributed by atoms with Crippen LogP contribution in [0.2, 0.25) is 15.1 Å². The Morgan fingerprint density at radius 1 is 1.05 bits per heavy atom. The average Bonchev–Trinajstić information content (AvgIpc) is 2.75. The van der Waals surface area contributed by atoms with Crippen molar-refractivity contribution in [1.29, 1.82) is 0 Å². The lowest BCUT2D eigenvalue weighted by Gasteiger charge is -2.10. The summed E-state index contributed by atoms with van der Waals surface area (Å²) in [5.41, 5.74) is 3.09. The van der Waals surface area contributed by atoms with Crippen LogP contribution in [0.3, 0.4) is 0 Å². The number of hydrogen-bond acceptors (Lipinski definition) is 1. The summed E-state index contributed by atoms with van der Waals surface area (Å²) in [5.74, 6) is 0. The number of anilines is 1. The fourth-order valence-corrected chi connectivity index (χ4v) is 3.41. The van der Waals surface area contributed by atoms with Crippen LogP contribution in [-0.2, 0) is 13.6 Å². The van der Waals surface area contributed by atoms with Crippen molar-refractivity contribution < 1.29 is 0 Å². The van der Waals surface area contributed by atoms with Gasteiger partial charge in [-0.05, 0) is 23.8 Å². The van der Waals surface area contributed by atoms with E-state index in [1.807, 2.05) is 19.2 Å². The van der Waals surface area contributed by atoms with Gasteiger partial charge < -0.3 is 9.88 Å². The standard InChI is InChI=1S/C16H13Cl3N2/c1-21-9-10(12-4-2-3-5-15(12)21)8-20-16-13(18)6-11(17)7-14(16)19/h2-7,9,20H,8H2,1H3. The Labute approximate surface area is 138 Å². The third-order valence-electron chi connectivity index (χ3n) is 3.44. The van der Waals surface area contributed by atoms with Crippen molar-refractivity contribution >= 4 is 51.4 Å². The molecular weight excluding hydrogens is 327 g/mol. The molecule has 2 aromatic carbocycles. The van der Waals surface area contributed by atoms with Gasteiger partial charge in [0, 0.05) is 35.7 Å². The molecule has 0 aliphatic carbocycles. The number of nitrogens with zero attached hydrogens (tertiary/aromatic N) is 1. The maximum atomic E-state index is 6.19. The van der Waals surface area contributed by atoms with Crippen LogP contribution in [0.1, 0.15) is 5.56 Å². The first-order chi connectivity index (χ1) is 10.1. The highest BCUT2D eigenvalue weighted by Gasteiger charge is 2.10. The van der Waals surface area contributed by atoms with E-state index in [2.05, 4.69) is 28.2 Å². The van der Waals surface area contributed by atoms with Gasteiger partial charge in [0.05, 0.1) is 15.7 Å². The minimum Gasteiger partial charge on any atom is -0.378 e. The second-order valence-corrected chi connectivity index (χ2v) is 6.13. The highest BCUT2D eigenvalue weighted by Crippen LogP contribution is 2.34. The molecule has 0 fully saturated rings. The summed E-state index contributed by atoms with van der Waals surface area (Å²) < 4.78 is 2.11. The monoisotopic (exact) mass is 338 g/mol. The van der Waals surface area contributed by atoms with Crippen LogP contribution in [0, 0.1) is 0 Å². The van der Waals surface area contributed by atoms with Crippen LogP contribution in [0.5, 0.6) is 0 Å². The van der Waals surface area contributed by atoms with E-state index in [1.165, 1.54) is 16.5 Å². The highest BCUT2D eigenvalue weighted by molar-refractivity contribution is 6.41. The van der Waals surface area contributed by atoms with Gasteiger partial charge in [0.15, 0.2) is 0 Å². The zero-order chi connectivity index (χ0) is 15.0. The Morgan fingerprint density at radius 2 is 1.71 bits per heavy atom. The summed E-state index contributed by atoms with van der Waals surface area (Å²) in [6.07, 6.45) is 2.11. The number of fused-ring (bicyclic) bond motifs is 1. The topological polar surface area (TPSA) is 17.0 Å². The summed E-state index contributed by atoms with van der Waals surface area (Å²) in [5, 5.41) is 6.08. The van der Waals surface area contributed by atoms with E-state index in [1.54, 1.807) is 12.1 Å². The van der Waals surface area contributed by atoms with E-state index in [0.29, 0.717) is 27.3 Å². The van der Waals surface area contributed by atoms with Gasteiger partial charge in [0.2, 0.25) is 0 Å². The summed E-state index contributed by atoms with van der Waals surface area (Å²) >= 11 is 18.3. The minimum atomic E-state index is 0.521. The molecular formula is C16H13Cl3N2. The third kappa shape index (κ3) is 2.84. The van der Waals surface area contributed by atoms with Crippen molar-refractivity contribution in [3.63, 3.8) is 0 Å². The van der Waals surface area contributed by atoms with Crippen LogP contribution in [0.25, 0.3) is 10.9 Å². The predicted molar refractivity (Wildman–Crippen MR) is 91.7 cm³/mol. The molecule has 0 unspecified atom stereocenters. The molecule has 1 N–H and O–H groups in total. The summed E-state index contributed by atoms with van der Waals surface area (Å²) in [6, 6.07) is 11.6. The average molecular weight is 340 g/mol. The Bertz CT molecular complexity index is 785. The van der Waals surface area contributed by atoms with E-state index in [-0.39, 0.29) is 0 Å². The van der Waals surface area contributed by atoms with Gasteiger partial charge in [-0.25, -0.2) is 0 Å². The Balaban J connectivity index is 1.91. The molecule has 0 radical (unpaired) electrons. The number of aryl methyl sites for hydroxylation is 1. The minimum absolute atomic E-state index is 0.521. The van der Waals surface area contributed by atoms with Crippen molar-refractivity contribution in [1.82, 2.24) is 4.57 Å². The number of hydrogen-bond donors (Lipinski definition) is 1. The van der Waals surface area contributed by atoms with Crippen LogP contribution in [0.4, 0.5) is 5.69 Å². The second kappa shape index (κ2) is 5.80. The van der Waals surface area contributed by atoms with Crippen LogP contribution >= 0.6 is 34.8 Å². The summed E-state index contributed by atoms with van der Waals surface area (Å²) in [6.45, 7) is 0.641. The van der Waals surface area contributed by atoms with E-state index in [4.69, 9.17) is 34.8 Å². The summed E-state index contributed by atoms with van der Waals surface area (Å²) in [7, 11) is 2.04. The van der Waals surface area contributed by atoms with E-state index < -0.39 is 0 Å². The van der Waals surface area contributed by atoms with Crippen molar-refractivity contribution in [3.8, 4) is 0 Å². The zero-order valence-corrected chi connectivity index (χ0v) is 13.6. The summed E-state index contributed by atoms with van der Waals surface area (Å²) in [4.78, 5) is 0. The fraction of sp³-hybridized carbons (Fsp3) is 0.125. The molecule has 108 valence electrons. The maximum absolute atomic E-state index is 6.19. The first-order valence-corrected chi connectivity index (χ1v) is 7.61. The lowest BCUT2D eigenvalue weighted by atomic mass is 10.2. The quantitative estimate of drug-likeness (QED) is 0.643. The number of rotatable bonds is 3. The van der Waals surface area contributed by atoms with Crippen molar-refractivity contribution in [2.45, 2.75) is 6.54 Å². The Hall–Kier alpha value is -1.35. The SMILES string of the molecule is Cn1cc(CNc2c(Cl)cc(Cl)cc2Cl)c2ccccc21. The molecule has 0 spiro atoms. The number of nitrogens with one attached hydrogen (secondary N) is 1. The molecule has 0 atom stereocenters. The molecule has 3 rings (SSSR count). The highest BCUT2D eigenvalue weighted by atomic mass is 35.5. The molecule has 0 saturated carbocycles. The molecule has 2 nitrogen and oxygen atoms in total. The molecule has 21 heavy (non-hydrogen) atoms. The fourth-order valence-electron chi connectivity index (χ4n) is 2.46. The van der Waals surface area contributed by atoms with Gasteiger partial charge in [0.1, 0.15) is 0 Å². The van der Waals surface area contributed by atoms with Crippen molar-refractivity contribution in [2.24, 2.45) is 7.05 Å². The van der Waals surface area contributed by atoms with E-state index in [0.717, 1.165) is 0 Å². The van der Waals surface area contributed by atoms with Crippen molar-refractivity contribution in [3.05, 3.63) is 63.2 Å². The molecule has 0 aliphatic rings. The number of benzene rings is 2. The smallest absolute Gasteiger partial charge is 0.0722 e. The molecule has 3 aromatic rings. The van der Waals surface area contributed by atoms with Crippen molar-refractivity contribution in [2.75, 3.05) is 5.32 Å². The Kier molecular flexibility index (Phi) is 4.03. The third-order valence-corrected chi connectivity index (χ3v) is 4.26. The second-order valence-electron chi connectivity index (χ2n) is 4.88. The van der Waals surface area contributed by atoms with Gasteiger partial charge in [0.25, 0.3) is 0 Å². The molecule has 0 bridgehead atoms. The van der Waals surface area contributed by atoms with Gasteiger partial charge in [-0.2, -0.15) is 0 Å².